The van der Waals surface area contributed by atoms with Gasteiger partial charge in [-0.15, -0.1) is 0 Å². The number of para-hydroxylation sites is 1. The second-order valence-electron chi connectivity index (χ2n) is 7.16. The van der Waals surface area contributed by atoms with Crippen LogP contribution >= 0.6 is 0 Å². The summed E-state index contributed by atoms with van der Waals surface area (Å²) in [5, 5.41) is 5.65. The maximum Gasteiger partial charge on any atom is 0.275 e. The van der Waals surface area contributed by atoms with Crippen molar-refractivity contribution in [2.75, 3.05) is 25.0 Å². The van der Waals surface area contributed by atoms with Gasteiger partial charge in [0.2, 0.25) is 5.91 Å². The first-order valence-electron chi connectivity index (χ1n) is 9.68. The molecule has 1 fully saturated rings. The van der Waals surface area contributed by atoms with E-state index in [0.717, 1.165) is 37.1 Å². The Balaban J connectivity index is 1.49. The molecule has 0 radical (unpaired) electrons. The SMILES string of the molecule is CCc1ccccc1NC(=O)CNC(=O)C[NH+]1CCC[C@@H]1c1cccn1C. The molecule has 2 atom stereocenters. The van der Waals surface area contributed by atoms with Crippen molar-refractivity contribution in [2.24, 2.45) is 7.05 Å². The topological polar surface area (TPSA) is 67.6 Å². The minimum absolute atomic E-state index is 0.00101. The van der Waals surface area contributed by atoms with Crippen molar-refractivity contribution >= 4 is 17.5 Å². The van der Waals surface area contributed by atoms with Crippen molar-refractivity contribution in [2.45, 2.75) is 32.2 Å². The Bertz CT molecular complexity index is 799. The van der Waals surface area contributed by atoms with Crippen molar-refractivity contribution in [3.63, 3.8) is 0 Å². The van der Waals surface area contributed by atoms with Crippen LogP contribution in [-0.4, -0.2) is 36.0 Å². The average Bonchev–Trinajstić information content (AvgIpc) is 3.28. The van der Waals surface area contributed by atoms with Crippen LogP contribution in [0.15, 0.2) is 42.6 Å². The summed E-state index contributed by atoms with van der Waals surface area (Å²) < 4.78 is 2.13. The predicted molar refractivity (Wildman–Crippen MR) is 106 cm³/mol. The number of rotatable bonds is 7. The van der Waals surface area contributed by atoms with E-state index in [2.05, 4.69) is 28.2 Å². The Morgan fingerprint density at radius 3 is 2.74 bits per heavy atom. The number of carbonyl (C=O) groups excluding carboxylic acids is 2. The lowest BCUT2D eigenvalue weighted by Gasteiger charge is -2.21. The number of quaternary nitrogens is 1. The normalized spacial score (nSPS) is 19.0. The third-order valence-corrected chi connectivity index (χ3v) is 5.33. The fourth-order valence-electron chi connectivity index (χ4n) is 3.91. The monoisotopic (exact) mass is 369 g/mol. The first-order chi connectivity index (χ1) is 13.1. The Kier molecular flexibility index (Phi) is 6.29. The minimum Gasteiger partial charge on any atom is -0.350 e. The lowest BCUT2D eigenvalue weighted by Crippen LogP contribution is -3.11. The van der Waals surface area contributed by atoms with Gasteiger partial charge < -0.3 is 20.1 Å². The van der Waals surface area contributed by atoms with Crippen molar-refractivity contribution < 1.29 is 14.5 Å². The third-order valence-electron chi connectivity index (χ3n) is 5.33. The number of aromatic nitrogens is 1. The van der Waals surface area contributed by atoms with E-state index < -0.39 is 0 Å². The molecule has 2 amide bonds. The zero-order chi connectivity index (χ0) is 19.2. The number of hydrogen-bond acceptors (Lipinski definition) is 2. The van der Waals surface area contributed by atoms with E-state index in [1.165, 1.54) is 10.6 Å². The van der Waals surface area contributed by atoms with Crippen LogP contribution in [0.5, 0.6) is 0 Å². The van der Waals surface area contributed by atoms with E-state index >= 15 is 0 Å². The van der Waals surface area contributed by atoms with Gasteiger partial charge in [0, 0.05) is 31.8 Å². The highest BCUT2D eigenvalue weighted by Crippen LogP contribution is 2.18. The fraction of sp³-hybridized carbons (Fsp3) is 0.429. The number of likely N-dealkylation sites (tertiary alicyclic amines) is 1. The van der Waals surface area contributed by atoms with Crippen LogP contribution < -0.4 is 15.5 Å². The van der Waals surface area contributed by atoms with E-state index in [0.29, 0.717) is 12.6 Å². The Morgan fingerprint density at radius 2 is 2.00 bits per heavy atom. The number of nitrogens with one attached hydrogen (secondary N) is 3. The van der Waals surface area contributed by atoms with Gasteiger partial charge in [-0.1, -0.05) is 25.1 Å². The van der Waals surface area contributed by atoms with Gasteiger partial charge in [-0.25, -0.2) is 0 Å². The molecule has 1 aliphatic heterocycles. The molecule has 1 aromatic carbocycles. The van der Waals surface area contributed by atoms with Gasteiger partial charge in [0.15, 0.2) is 6.54 Å². The van der Waals surface area contributed by atoms with Crippen molar-refractivity contribution in [3.05, 3.63) is 53.9 Å². The zero-order valence-corrected chi connectivity index (χ0v) is 16.1. The van der Waals surface area contributed by atoms with Gasteiger partial charge in [-0.2, -0.15) is 0 Å². The van der Waals surface area contributed by atoms with Gasteiger partial charge in [0.05, 0.1) is 18.8 Å². The molecular weight excluding hydrogens is 340 g/mol. The van der Waals surface area contributed by atoms with Crippen LogP contribution in [0.3, 0.4) is 0 Å². The Morgan fingerprint density at radius 1 is 1.19 bits per heavy atom. The summed E-state index contributed by atoms with van der Waals surface area (Å²) >= 11 is 0. The summed E-state index contributed by atoms with van der Waals surface area (Å²) in [6.07, 6.45) is 5.10. The van der Waals surface area contributed by atoms with Gasteiger partial charge >= 0.3 is 0 Å². The van der Waals surface area contributed by atoms with Gasteiger partial charge in [0.25, 0.3) is 5.91 Å². The Hall–Kier alpha value is -2.60. The van der Waals surface area contributed by atoms with Crippen LogP contribution in [0.1, 0.15) is 37.1 Å². The molecule has 27 heavy (non-hydrogen) atoms. The lowest BCUT2D eigenvalue weighted by molar-refractivity contribution is -0.911. The minimum atomic E-state index is -0.195. The van der Waals surface area contributed by atoms with Crippen molar-refractivity contribution in [1.29, 1.82) is 0 Å². The first-order valence-corrected chi connectivity index (χ1v) is 9.68. The second-order valence-corrected chi connectivity index (χ2v) is 7.16. The van der Waals surface area contributed by atoms with Crippen LogP contribution in [-0.2, 0) is 23.1 Å². The molecule has 3 N–H and O–H groups in total. The highest BCUT2D eigenvalue weighted by atomic mass is 16.2. The molecule has 0 bridgehead atoms. The van der Waals surface area contributed by atoms with Gasteiger partial charge in [-0.05, 0) is 30.2 Å². The predicted octanol–water partition coefficient (Wildman–Crippen LogP) is 1.06. The number of amides is 2. The lowest BCUT2D eigenvalue weighted by atomic mass is 10.1. The maximum atomic E-state index is 12.4. The number of benzene rings is 1. The number of nitrogens with zero attached hydrogens (tertiary/aromatic N) is 1. The summed E-state index contributed by atoms with van der Waals surface area (Å²) in [5.41, 5.74) is 3.17. The first kappa shape index (κ1) is 19.2. The smallest absolute Gasteiger partial charge is 0.275 e. The molecule has 1 saturated heterocycles. The van der Waals surface area contributed by atoms with Crippen LogP contribution in [0.25, 0.3) is 0 Å². The molecule has 6 heteroatoms. The molecule has 3 rings (SSSR count). The number of anilines is 1. The van der Waals surface area contributed by atoms with E-state index in [4.69, 9.17) is 0 Å². The number of carbonyl (C=O) groups is 2. The van der Waals surface area contributed by atoms with Crippen molar-refractivity contribution in [1.82, 2.24) is 9.88 Å². The summed E-state index contributed by atoms with van der Waals surface area (Å²) in [4.78, 5) is 25.8. The zero-order valence-electron chi connectivity index (χ0n) is 16.1. The van der Waals surface area contributed by atoms with Crippen molar-refractivity contribution in [3.8, 4) is 0 Å². The highest BCUT2D eigenvalue weighted by molar-refractivity contribution is 5.95. The van der Waals surface area contributed by atoms with E-state index in [-0.39, 0.29) is 18.4 Å². The summed E-state index contributed by atoms with van der Waals surface area (Å²) in [6.45, 7) is 3.43. The second kappa shape index (κ2) is 8.86. The molecule has 0 saturated carbocycles. The quantitative estimate of drug-likeness (QED) is 0.683. The summed E-state index contributed by atoms with van der Waals surface area (Å²) in [5.74, 6) is -0.273. The van der Waals surface area contributed by atoms with Crippen LogP contribution in [0.2, 0.25) is 0 Å². The molecule has 6 nitrogen and oxygen atoms in total. The van der Waals surface area contributed by atoms with Crippen LogP contribution in [0, 0.1) is 0 Å². The molecule has 144 valence electrons. The molecule has 2 aromatic rings. The fourth-order valence-corrected chi connectivity index (χ4v) is 3.91. The maximum absolute atomic E-state index is 12.4. The van der Waals surface area contributed by atoms with E-state index in [1.54, 1.807) is 0 Å². The highest BCUT2D eigenvalue weighted by Gasteiger charge is 2.32. The van der Waals surface area contributed by atoms with E-state index in [1.807, 2.05) is 43.6 Å². The molecule has 0 aliphatic carbocycles. The average molecular weight is 369 g/mol. The molecule has 1 aromatic heterocycles. The van der Waals surface area contributed by atoms with Gasteiger partial charge in [0.1, 0.15) is 6.04 Å². The number of aryl methyl sites for hydroxylation is 2. The molecule has 0 spiro atoms. The Labute approximate surface area is 160 Å². The molecule has 1 aliphatic rings. The third kappa shape index (κ3) is 4.77. The number of hydrogen-bond donors (Lipinski definition) is 3. The standard InChI is InChI=1S/C21H28N4O2/c1-3-16-8-4-5-9-17(16)23-20(26)14-22-21(27)15-25-13-7-11-19(25)18-10-6-12-24(18)2/h4-6,8-10,12,19H,3,7,11,13-15H2,1-2H3,(H,22,27)(H,23,26)/p+1/t19-/m1/s1. The largest absolute Gasteiger partial charge is 0.350 e. The van der Waals surface area contributed by atoms with Crippen LogP contribution in [0.4, 0.5) is 5.69 Å². The molecular formula is C21H29N4O2+. The van der Waals surface area contributed by atoms with E-state index in [9.17, 15) is 9.59 Å². The van der Waals surface area contributed by atoms with Gasteiger partial charge in [-0.3, -0.25) is 9.59 Å². The summed E-state index contributed by atoms with van der Waals surface area (Å²) in [6, 6.07) is 12.3. The summed E-state index contributed by atoms with van der Waals surface area (Å²) in [7, 11) is 2.05. The molecule has 1 unspecified atom stereocenters. The molecule has 2 heterocycles.